The van der Waals surface area contributed by atoms with Crippen molar-refractivity contribution in [3.05, 3.63) is 0 Å². The predicted molar refractivity (Wildman–Crippen MR) is 50.9 cm³/mol. The van der Waals surface area contributed by atoms with Crippen molar-refractivity contribution in [1.82, 2.24) is 0 Å². The average molecular weight is 239 g/mol. The Morgan fingerprint density at radius 2 is 2.00 bits per heavy atom. The van der Waals surface area contributed by atoms with Crippen molar-refractivity contribution in [2.45, 2.75) is 11.7 Å². The Morgan fingerprint density at radius 1 is 1.47 bits per heavy atom. The molecule has 0 aromatic rings. The lowest BCUT2D eigenvalue weighted by molar-refractivity contribution is -0.140. The minimum atomic E-state index is -3.90. The number of methoxy groups -OCH3 is 1. The average Bonchev–Trinajstić information content (AvgIpc) is 2.14. The van der Waals surface area contributed by atoms with Gasteiger partial charge in [-0.25, -0.2) is 8.42 Å². The van der Waals surface area contributed by atoms with Crippen molar-refractivity contribution in [2.24, 2.45) is 5.73 Å². The van der Waals surface area contributed by atoms with E-state index in [1.165, 1.54) is 0 Å². The lowest BCUT2D eigenvalue weighted by Gasteiger charge is -2.10. The molecule has 3 N–H and O–H groups in total. The van der Waals surface area contributed by atoms with Gasteiger partial charge in [-0.15, -0.1) is 0 Å². The second kappa shape index (κ2) is 5.66. The monoisotopic (exact) mass is 239 g/mol. The second-order valence-corrected chi connectivity index (χ2v) is 5.06. The quantitative estimate of drug-likeness (QED) is 0.533. The minimum Gasteiger partial charge on any atom is -0.480 e. The number of aliphatic carboxylic acids is 1. The van der Waals surface area contributed by atoms with Crippen molar-refractivity contribution in [2.75, 3.05) is 19.4 Å². The first kappa shape index (κ1) is 13.8. The molecule has 0 amide bonds. The van der Waals surface area contributed by atoms with Crippen LogP contribution in [0.2, 0.25) is 0 Å². The fourth-order valence-corrected chi connectivity index (χ4v) is 2.21. The van der Waals surface area contributed by atoms with Crippen molar-refractivity contribution < 1.29 is 27.9 Å². The molecule has 0 rings (SSSR count). The van der Waals surface area contributed by atoms with Crippen molar-refractivity contribution in [1.29, 1.82) is 0 Å². The number of carbonyl (C=O) groups excluding carboxylic acids is 1. The van der Waals surface area contributed by atoms with Gasteiger partial charge in [0.15, 0.2) is 15.1 Å². The van der Waals surface area contributed by atoms with Gasteiger partial charge in [-0.1, -0.05) is 0 Å². The molecule has 7 nitrogen and oxygen atoms in total. The van der Waals surface area contributed by atoms with Crippen LogP contribution in [0.3, 0.4) is 0 Å². The third kappa shape index (κ3) is 4.26. The van der Waals surface area contributed by atoms with Crippen molar-refractivity contribution in [3.8, 4) is 0 Å². The van der Waals surface area contributed by atoms with Gasteiger partial charge in [-0.3, -0.25) is 9.59 Å². The second-order valence-electron chi connectivity index (χ2n) is 2.76. The normalized spacial score (nSPS) is 13.2. The first-order valence-electron chi connectivity index (χ1n) is 4.06. The number of esters is 1. The molecule has 1 unspecified atom stereocenters. The van der Waals surface area contributed by atoms with Gasteiger partial charge in [0.1, 0.15) is 0 Å². The highest BCUT2D eigenvalue weighted by atomic mass is 32.2. The molecule has 0 aliphatic carbocycles. The fourth-order valence-electron chi connectivity index (χ4n) is 0.871. The third-order valence-corrected chi connectivity index (χ3v) is 3.78. The molecule has 0 aromatic heterocycles. The summed E-state index contributed by atoms with van der Waals surface area (Å²) in [6.07, 6.45) is -0.372. The lowest BCUT2D eigenvalue weighted by atomic mass is 10.4. The molecule has 1 atom stereocenters. The maximum Gasteiger partial charge on any atom is 0.323 e. The van der Waals surface area contributed by atoms with Crippen LogP contribution < -0.4 is 5.73 Å². The molecule has 8 heteroatoms. The van der Waals surface area contributed by atoms with Crippen LogP contribution in [0.1, 0.15) is 6.42 Å². The van der Waals surface area contributed by atoms with E-state index in [4.69, 9.17) is 10.8 Å². The van der Waals surface area contributed by atoms with Gasteiger partial charge in [-0.05, 0) is 0 Å². The molecule has 0 bridgehead atoms. The number of carboxylic acid groups (broad SMARTS) is 1. The van der Waals surface area contributed by atoms with E-state index < -0.39 is 39.3 Å². The molecule has 15 heavy (non-hydrogen) atoms. The number of carbonyl (C=O) groups is 2. The zero-order chi connectivity index (χ0) is 12.1. The van der Waals surface area contributed by atoms with E-state index >= 15 is 0 Å². The standard InChI is InChI=1S/C7H13NO6S/c1-14-6(9)2-3-15(12,13)5(4-8)7(10)11/h5H,2-4,8H2,1H3,(H,10,11). The summed E-state index contributed by atoms with van der Waals surface area (Å²) in [6.45, 7) is -0.515. The summed E-state index contributed by atoms with van der Waals surface area (Å²) < 4.78 is 26.9. The first-order valence-corrected chi connectivity index (χ1v) is 5.78. The Morgan fingerprint density at radius 3 is 2.33 bits per heavy atom. The molecule has 0 aliphatic rings. The molecule has 0 aliphatic heterocycles. The van der Waals surface area contributed by atoms with Gasteiger partial charge in [0.25, 0.3) is 0 Å². The van der Waals surface area contributed by atoms with Gasteiger partial charge in [0, 0.05) is 6.54 Å². The maximum atomic E-state index is 11.4. The van der Waals surface area contributed by atoms with E-state index in [-0.39, 0.29) is 6.42 Å². The summed E-state index contributed by atoms with van der Waals surface area (Å²) in [4.78, 5) is 21.2. The highest BCUT2D eigenvalue weighted by molar-refractivity contribution is 7.92. The Bertz CT molecular complexity index is 335. The van der Waals surface area contributed by atoms with Crippen LogP contribution in [0.4, 0.5) is 0 Å². The fraction of sp³-hybridized carbons (Fsp3) is 0.714. The molecule has 0 aromatic carbocycles. The minimum absolute atomic E-state index is 0.372. The van der Waals surface area contributed by atoms with Crippen molar-refractivity contribution >= 4 is 21.8 Å². The Balaban J connectivity index is 4.54. The van der Waals surface area contributed by atoms with E-state index in [2.05, 4.69) is 4.74 Å². The molecular weight excluding hydrogens is 226 g/mol. The van der Waals surface area contributed by atoms with E-state index in [9.17, 15) is 18.0 Å². The number of nitrogens with two attached hydrogens (primary N) is 1. The summed E-state index contributed by atoms with van der Waals surface area (Å²) in [5.74, 6) is -2.80. The zero-order valence-electron chi connectivity index (χ0n) is 8.17. The Labute approximate surface area is 87.1 Å². The summed E-state index contributed by atoms with van der Waals surface area (Å²) in [5, 5.41) is 6.89. The topological polar surface area (TPSA) is 124 Å². The molecule has 0 spiro atoms. The molecule has 0 fully saturated rings. The Kier molecular flexibility index (Phi) is 5.23. The Hall–Kier alpha value is -1.15. The summed E-state index contributed by atoms with van der Waals surface area (Å²) >= 11 is 0. The number of sulfone groups is 1. The molecule has 0 saturated carbocycles. The van der Waals surface area contributed by atoms with Gasteiger partial charge < -0.3 is 15.6 Å². The zero-order valence-corrected chi connectivity index (χ0v) is 8.99. The first-order chi connectivity index (χ1) is 6.85. The number of rotatable bonds is 6. The third-order valence-electron chi connectivity index (χ3n) is 1.74. The number of hydrogen-bond donors (Lipinski definition) is 2. The number of hydrogen-bond acceptors (Lipinski definition) is 6. The number of ether oxygens (including phenoxy) is 1. The molecule has 0 saturated heterocycles. The van der Waals surface area contributed by atoms with Crippen molar-refractivity contribution in [3.63, 3.8) is 0 Å². The predicted octanol–water partition coefficient (Wildman–Crippen LogP) is -1.62. The highest BCUT2D eigenvalue weighted by Crippen LogP contribution is 2.04. The SMILES string of the molecule is COC(=O)CCS(=O)(=O)C(CN)C(=O)O. The van der Waals surface area contributed by atoms with Gasteiger partial charge in [-0.2, -0.15) is 0 Å². The van der Waals surface area contributed by atoms with Gasteiger partial charge in [0.05, 0.1) is 19.3 Å². The lowest BCUT2D eigenvalue weighted by Crippen LogP contribution is -2.38. The van der Waals surface area contributed by atoms with E-state index in [1.807, 2.05) is 0 Å². The molecule has 88 valence electrons. The van der Waals surface area contributed by atoms with Gasteiger partial charge >= 0.3 is 11.9 Å². The summed E-state index contributed by atoms with van der Waals surface area (Å²) in [5.41, 5.74) is 5.02. The molecular formula is C7H13NO6S. The molecule has 0 radical (unpaired) electrons. The van der Waals surface area contributed by atoms with E-state index in [1.54, 1.807) is 0 Å². The van der Waals surface area contributed by atoms with Crippen LogP contribution in [0, 0.1) is 0 Å². The summed E-state index contributed by atoms with van der Waals surface area (Å²) in [7, 11) is -2.78. The van der Waals surface area contributed by atoms with Crippen LogP contribution in [-0.4, -0.2) is 50.1 Å². The van der Waals surface area contributed by atoms with Crippen LogP contribution >= 0.6 is 0 Å². The smallest absolute Gasteiger partial charge is 0.323 e. The highest BCUT2D eigenvalue weighted by Gasteiger charge is 2.31. The van der Waals surface area contributed by atoms with E-state index in [0.717, 1.165) is 7.11 Å². The van der Waals surface area contributed by atoms with Crippen LogP contribution in [0.5, 0.6) is 0 Å². The van der Waals surface area contributed by atoms with Crippen LogP contribution in [0.15, 0.2) is 0 Å². The largest absolute Gasteiger partial charge is 0.480 e. The maximum absolute atomic E-state index is 11.4. The van der Waals surface area contributed by atoms with Gasteiger partial charge in [0.2, 0.25) is 0 Å². The summed E-state index contributed by atoms with van der Waals surface area (Å²) in [6, 6.07) is 0. The van der Waals surface area contributed by atoms with Crippen LogP contribution in [-0.2, 0) is 24.2 Å². The van der Waals surface area contributed by atoms with E-state index in [0.29, 0.717) is 0 Å². The van der Waals surface area contributed by atoms with Crippen LogP contribution in [0.25, 0.3) is 0 Å². The number of carboxylic acids is 1. The molecule has 0 heterocycles.